The summed E-state index contributed by atoms with van der Waals surface area (Å²) in [6, 6.07) is 5.29. The molecule has 0 saturated carbocycles. The number of aliphatic imine (C=N–C) groups is 1. The van der Waals surface area contributed by atoms with E-state index < -0.39 is 39.9 Å². The molecule has 1 aromatic carbocycles. The lowest BCUT2D eigenvalue weighted by molar-refractivity contribution is -0.146. The Hall–Kier alpha value is -3.00. The van der Waals surface area contributed by atoms with Gasteiger partial charge in [-0.25, -0.2) is 19.4 Å². The third-order valence-corrected chi connectivity index (χ3v) is 4.75. The SMILES string of the molecule is CCOC(=O)C(Cl)(C(C)=O)C(=Nc1c(C)cccc1C)/C(=C\C(=O)OC)C(=O)OC. The van der Waals surface area contributed by atoms with E-state index in [0.29, 0.717) is 16.8 Å². The molecular formula is C21H24ClNO7. The number of aryl methyl sites for hydroxylation is 2. The number of methoxy groups -OCH3 is 2. The van der Waals surface area contributed by atoms with Gasteiger partial charge in [-0.15, -0.1) is 0 Å². The Morgan fingerprint density at radius 2 is 1.67 bits per heavy atom. The number of alkyl halides is 1. The molecule has 0 N–H and O–H groups in total. The number of esters is 3. The van der Waals surface area contributed by atoms with Crippen LogP contribution in [0.2, 0.25) is 0 Å². The molecule has 0 saturated heterocycles. The van der Waals surface area contributed by atoms with Crippen LogP contribution in [-0.2, 0) is 33.4 Å². The van der Waals surface area contributed by atoms with Gasteiger partial charge in [0, 0.05) is 6.08 Å². The van der Waals surface area contributed by atoms with Crippen molar-refractivity contribution in [1.29, 1.82) is 0 Å². The van der Waals surface area contributed by atoms with Crippen LogP contribution < -0.4 is 0 Å². The maximum absolute atomic E-state index is 12.7. The Morgan fingerprint density at radius 3 is 2.10 bits per heavy atom. The molecule has 0 bridgehead atoms. The topological polar surface area (TPSA) is 108 Å². The smallest absolute Gasteiger partial charge is 0.341 e. The quantitative estimate of drug-likeness (QED) is 0.154. The average molecular weight is 438 g/mol. The number of hydrogen-bond donors (Lipinski definition) is 0. The highest BCUT2D eigenvalue weighted by Gasteiger charge is 2.51. The largest absolute Gasteiger partial charge is 0.466 e. The number of rotatable bonds is 8. The Morgan fingerprint density at radius 1 is 1.10 bits per heavy atom. The molecule has 0 radical (unpaired) electrons. The average Bonchev–Trinajstić information content (AvgIpc) is 2.70. The first-order valence-electron chi connectivity index (χ1n) is 8.95. The molecule has 0 heterocycles. The normalized spacial score (nSPS) is 13.8. The van der Waals surface area contributed by atoms with Crippen LogP contribution in [0.4, 0.5) is 5.69 Å². The molecule has 8 nitrogen and oxygen atoms in total. The van der Waals surface area contributed by atoms with Gasteiger partial charge < -0.3 is 14.2 Å². The zero-order chi connectivity index (χ0) is 23.1. The molecule has 1 aromatic rings. The van der Waals surface area contributed by atoms with Crippen LogP contribution >= 0.6 is 11.6 Å². The minimum atomic E-state index is -2.50. The Kier molecular flexibility index (Phi) is 8.92. The predicted molar refractivity (Wildman–Crippen MR) is 111 cm³/mol. The monoisotopic (exact) mass is 437 g/mol. The summed E-state index contributed by atoms with van der Waals surface area (Å²) in [4.78, 5) is 51.6. The number of carbonyl (C=O) groups is 4. The van der Waals surface area contributed by atoms with Crippen LogP contribution in [-0.4, -0.2) is 55.1 Å². The second-order valence-corrected chi connectivity index (χ2v) is 6.78. The van der Waals surface area contributed by atoms with Crippen LogP contribution in [0, 0.1) is 13.8 Å². The van der Waals surface area contributed by atoms with Crippen LogP contribution in [0.25, 0.3) is 0 Å². The summed E-state index contributed by atoms with van der Waals surface area (Å²) >= 11 is 6.49. The molecule has 1 rings (SSSR count). The second kappa shape index (κ2) is 10.7. The maximum Gasteiger partial charge on any atom is 0.341 e. The number of para-hydroxylation sites is 1. The molecule has 9 heteroatoms. The van der Waals surface area contributed by atoms with E-state index >= 15 is 0 Å². The molecule has 0 aliphatic carbocycles. The fourth-order valence-electron chi connectivity index (χ4n) is 2.57. The van der Waals surface area contributed by atoms with Crippen molar-refractivity contribution in [3.05, 3.63) is 41.0 Å². The Labute approximate surface area is 179 Å². The van der Waals surface area contributed by atoms with Crippen molar-refractivity contribution in [2.75, 3.05) is 20.8 Å². The highest BCUT2D eigenvalue weighted by molar-refractivity contribution is 6.61. The highest BCUT2D eigenvalue weighted by atomic mass is 35.5. The van der Waals surface area contributed by atoms with E-state index in [9.17, 15) is 19.2 Å². The fourth-order valence-corrected chi connectivity index (χ4v) is 2.76. The van der Waals surface area contributed by atoms with Gasteiger partial charge in [-0.05, 0) is 38.8 Å². The lowest BCUT2D eigenvalue weighted by Gasteiger charge is -2.25. The van der Waals surface area contributed by atoms with Gasteiger partial charge in [0.05, 0.1) is 37.8 Å². The molecule has 0 aromatic heterocycles. The lowest BCUT2D eigenvalue weighted by Crippen LogP contribution is -2.50. The van der Waals surface area contributed by atoms with Crippen molar-refractivity contribution in [1.82, 2.24) is 0 Å². The van der Waals surface area contributed by atoms with Gasteiger partial charge in [0.25, 0.3) is 0 Å². The summed E-state index contributed by atoms with van der Waals surface area (Å²) in [5.74, 6) is -3.96. The van der Waals surface area contributed by atoms with Crippen molar-refractivity contribution in [3.8, 4) is 0 Å². The van der Waals surface area contributed by atoms with Crippen molar-refractivity contribution in [3.63, 3.8) is 0 Å². The van der Waals surface area contributed by atoms with Crippen LogP contribution in [0.3, 0.4) is 0 Å². The summed E-state index contributed by atoms with van der Waals surface area (Å²) in [6.07, 6.45) is 0.761. The molecule has 1 atom stereocenters. The van der Waals surface area contributed by atoms with Gasteiger partial charge in [0.2, 0.25) is 4.87 Å². The molecule has 30 heavy (non-hydrogen) atoms. The summed E-state index contributed by atoms with van der Waals surface area (Å²) in [7, 11) is 2.17. The Balaban J connectivity index is 4.05. The minimum Gasteiger partial charge on any atom is -0.466 e. The highest BCUT2D eigenvalue weighted by Crippen LogP contribution is 2.32. The number of ketones is 1. The number of hydrogen-bond acceptors (Lipinski definition) is 8. The number of benzene rings is 1. The van der Waals surface area contributed by atoms with Gasteiger partial charge in [0.15, 0.2) is 5.78 Å². The second-order valence-electron chi connectivity index (χ2n) is 6.21. The summed E-state index contributed by atoms with van der Waals surface area (Å²) < 4.78 is 14.3. The van der Waals surface area contributed by atoms with Crippen molar-refractivity contribution in [2.24, 2.45) is 4.99 Å². The van der Waals surface area contributed by atoms with E-state index in [2.05, 4.69) is 9.73 Å². The first-order valence-corrected chi connectivity index (χ1v) is 9.33. The van der Waals surface area contributed by atoms with E-state index in [4.69, 9.17) is 21.1 Å². The van der Waals surface area contributed by atoms with E-state index in [1.165, 1.54) is 6.92 Å². The van der Waals surface area contributed by atoms with Crippen LogP contribution in [0.1, 0.15) is 25.0 Å². The number of nitrogens with zero attached hydrogens (tertiary/aromatic N) is 1. The molecule has 0 amide bonds. The van der Waals surface area contributed by atoms with Gasteiger partial charge in [-0.1, -0.05) is 29.8 Å². The number of Topliss-reactive ketones (excluding diaryl/α,β-unsaturated/α-hetero) is 1. The van der Waals surface area contributed by atoms with Crippen molar-refractivity contribution < 1.29 is 33.4 Å². The third-order valence-electron chi connectivity index (χ3n) is 4.16. The first-order chi connectivity index (χ1) is 14.0. The molecule has 0 aliphatic rings. The van der Waals surface area contributed by atoms with E-state index in [1.54, 1.807) is 32.0 Å². The molecule has 0 aliphatic heterocycles. The Bertz CT molecular complexity index is 900. The van der Waals surface area contributed by atoms with Crippen LogP contribution in [0.5, 0.6) is 0 Å². The van der Waals surface area contributed by atoms with E-state index in [1.807, 2.05) is 0 Å². The molecule has 1 unspecified atom stereocenters. The van der Waals surface area contributed by atoms with Gasteiger partial charge in [-0.2, -0.15) is 0 Å². The zero-order valence-electron chi connectivity index (χ0n) is 17.7. The number of ether oxygens (including phenoxy) is 3. The molecule has 162 valence electrons. The standard InChI is InChI=1S/C21H24ClNO7/c1-7-30-20(27)21(22,14(4)24)18(15(19(26)29-6)11-16(25)28-5)23-17-12(2)9-8-10-13(17)3/h8-11H,7H2,1-6H3/b15-11+,23-18?. The zero-order valence-corrected chi connectivity index (χ0v) is 18.5. The maximum atomic E-state index is 12.7. The molecular weight excluding hydrogens is 414 g/mol. The van der Waals surface area contributed by atoms with Gasteiger partial charge in [-0.3, -0.25) is 4.79 Å². The summed E-state index contributed by atoms with van der Waals surface area (Å²) in [6.45, 7) is 6.00. The predicted octanol–water partition coefficient (Wildman–Crippen LogP) is 2.78. The van der Waals surface area contributed by atoms with Crippen molar-refractivity contribution >= 4 is 46.7 Å². The van der Waals surface area contributed by atoms with Crippen LogP contribution in [0.15, 0.2) is 34.8 Å². The van der Waals surface area contributed by atoms with E-state index in [0.717, 1.165) is 27.2 Å². The van der Waals surface area contributed by atoms with Gasteiger partial charge >= 0.3 is 17.9 Å². The number of halogens is 1. The third kappa shape index (κ3) is 5.33. The first kappa shape index (κ1) is 25.0. The summed E-state index contributed by atoms with van der Waals surface area (Å²) in [5, 5.41) is 0. The fraction of sp³-hybridized carbons (Fsp3) is 0.381. The summed E-state index contributed by atoms with van der Waals surface area (Å²) in [5.41, 5.74) is 0.722. The minimum absolute atomic E-state index is 0.0778. The molecule has 0 spiro atoms. The van der Waals surface area contributed by atoms with Gasteiger partial charge in [0.1, 0.15) is 0 Å². The van der Waals surface area contributed by atoms with Crippen molar-refractivity contribution in [2.45, 2.75) is 32.6 Å². The van der Waals surface area contributed by atoms with E-state index in [-0.39, 0.29) is 6.61 Å². The number of carbonyl (C=O) groups excluding carboxylic acids is 4. The lowest BCUT2D eigenvalue weighted by atomic mass is 9.91. The molecule has 0 fully saturated rings.